The number of benzene rings is 2. The van der Waals surface area contributed by atoms with Crippen LogP contribution in [0.5, 0.6) is 0 Å². The van der Waals surface area contributed by atoms with Crippen molar-refractivity contribution in [1.82, 2.24) is 0 Å². The van der Waals surface area contributed by atoms with Crippen LogP contribution in [0.3, 0.4) is 0 Å². The third-order valence-electron chi connectivity index (χ3n) is 3.04. The van der Waals surface area contributed by atoms with Crippen molar-refractivity contribution < 1.29 is 4.39 Å². The van der Waals surface area contributed by atoms with Crippen molar-refractivity contribution in [2.45, 2.75) is 19.5 Å². The van der Waals surface area contributed by atoms with Gasteiger partial charge in [-0.05, 0) is 35.6 Å². The average Bonchev–Trinajstić information content (AvgIpc) is 2.40. The van der Waals surface area contributed by atoms with Gasteiger partial charge in [-0.1, -0.05) is 54.6 Å². The molecule has 1 heteroatoms. The Morgan fingerprint density at radius 1 is 1.00 bits per heavy atom. The Balaban J connectivity index is 2.22. The highest BCUT2D eigenvalue weighted by molar-refractivity contribution is 5.64. The first-order valence-corrected chi connectivity index (χ1v) is 6.15. The van der Waals surface area contributed by atoms with Crippen molar-refractivity contribution >= 4 is 0 Å². The van der Waals surface area contributed by atoms with Crippen molar-refractivity contribution in [3.63, 3.8) is 0 Å². The van der Waals surface area contributed by atoms with E-state index in [1.807, 2.05) is 30.3 Å². The molecule has 0 fully saturated rings. The molecule has 18 heavy (non-hydrogen) atoms. The molecule has 0 amide bonds. The van der Waals surface area contributed by atoms with Crippen LogP contribution in [0.25, 0.3) is 11.1 Å². The van der Waals surface area contributed by atoms with Crippen LogP contribution in [-0.4, -0.2) is 0 Å². The summed E-state index contributed by atoms with van der Waals surface area (Å²) >= 11 is 0. The number of halogens is 1. The van der Waals surface area contributed by atoms with Crippen molar-refractivity contribution in [2.75, 3.05) is 0 Å². The van der Waals surface area contributed by atoms with Crippen LogP contribution in [0.4, 0.5) is 4.39 Å². The Bertz CT molecular complexity index is 506. The molecule has 0 nitrogen and oxygen atoms in total. The van der Waals surface area contributed by atoms with E-state index in [1.165, 1.54) is 5.56 Å². The molecule has 0 bridgehead atoms. The maximum absolute atomic E-state index is 13.1. The lowest BCUT2D eigenvalue weighted by Crippen LogP contribution is -1.86. The summed E-state index contributed by atoms with van der Waals surface area (Å²) in [5.41, 5.74) is 4.25. The maximum atomic E-state index is 13.1. The van der Waals surface area contributed by atoms with Gasteiger partial charge >= 0.3 is 0 Å². The normalized spacial score (nSPS) is 12.1. The lowest BCUT2D eigenvalue weighted by atomic mass is 10.0. The Morgan fingerprint density at radius 3 is 1.94 bits per heavy atom. The van der Waals surface area contributed by atoms with Crippen LogP contribution in [-0.2, 0) is 6.42 Å². The summed E-state index contributed by atoms with van der Waals surface area (Å²) in [5, 5.41) is 0. The first kappa shape index (κ1) is 12.6. The van der Waals surface area contributed by atoms with Crippen molar-refractivity contribution in [1.29, 1.82) is 0 Å². The molecule has 0 heterocycles. The zero-order valence-corrected chi connectivity index (χ0v) is 10.6. The molecule has 2 aromatic rings. The van der Waals surface area contributed by atoms with Crippen LogP contribution in [0.2, 0.25) is 0 Å². The molecular formula is C17H17F. The fraction of sp³-hybridized carbons (Fsp3) is 0.176. The molecule has 0 aliphatic carbocycles. The van der Waals surface area contributed by atoms with Crippen molar-refractivity contribution in [2.24, 2.45) is 0 Å². The average molecular weight is 240 g/mol. The van der Waals surface area contributed by atoms with Gasteiger partial charge in [0.25, 0.3) is 0 Å². The monoisotopic (exact) mass is 240 g/mol. The van der Waals surface area contributed by atoms with E-state index in [-0.39, 0.29) is 0 Å². The molecular weight excluding hydrogens is 223 g/mol. The van der Waals surface area contributed by atoms with Gasteiger partial charge in [-0.25, -0.2) is 4.39 Å². The lowest BCUT2D eigenvalue weighted by molar-refractivity contribution is 0.374. The standard InChI is InChI=1S/C17H17F/c1-3-4-14-5-7-16(8-6-14)17-11-9-15(10-12-17)13(2)18/h3,5-13H,1,4H2,2H3/t13-/m0/s1. The summed E-state index contributed by atoms with van der Waals surface area (Å²) in [7, 11) is 0. The summed E-state index contributed by atoms with van der Waals surface area (Å²) in [6.45, 7) is 5.28. The minimum absolute atomic E-state index is 0.724. The predicted octanol–water partition coefficient (Wildman–Crippen LogP) is 5.11. The van der Waals surface area contributed by atoms with E-state index >= 15 is 0 Å². The fourth-order valence-electron chi connectivity index (χ4n) is 1.94. The van der Waals surface area contributed by atoms with Crippen molar-refractivity contribution in [3.05, 3.63) is 72.3 Å². The molecule has 0 spiro atoms. The van der Waals surface area contributed by atoms with Gasteiger partial charge in [0.05, 0.1) is 0 Å². The minimum atomic E-state index is -0.908. The maximum Gasteiger partial charge on any atom is 0.122 e. The molecule has 0 radical (unpaired) electrons. The predicted molar refractivity (Wildman–Crippen MR) is 75.3 cm³/mol. The number of allylic oxidation sites excluding steroid dienone is 1. The first-order chi connectivity index (χ1) is 8.70. The second-order valence-electron chi connectivity index (χ2n) is 4.43. The van der Waals surface area contributed by atoms with E-state index in [0.717, 1.165) is 23.1 Å². The molecule has 0 aliphatic rings. The SMILES string of the molecule is C=CCc1ccc(-c2ccc([C@H](C)F)cc2)cc1. The molecule has 0 saturated carbocycles. The van der Waals surface area contributed by atoms with Gasteiger partial charge in [0.15, 0.2) is 0 Å². The summed E-state index contributed by atoms with van der Waals surface area (Å²) in [5.74, 6) is 0. The summed E-state index contributed by atoms with van der Waals surface area (Å²) < 4.78 is 13.1. The van der Waals surface area contributed by atoms with Gasteiger partial charge in [0, 0.05) is 0 Å². The third kappa shape index (κ3) is 2.86. The molecule has 0 aliphatic heterocycles. The van der Waals surface area contributed by atoms with Gasteiger partial charge < -0.3 is 0 Å². The summed E-state index contributed by atoms with van der Waals surface area (Å²) in [6.07, 6.45) is 1.87. The Labute approximate surface area is 108 Å². The van der Waals surface area contributed by atoms with Crippen LogP contribution < -0.4 is 0 Å². The second-order valence-corrected chi connectivity index (χ2v) is 4.43. The van der Waals surface area contributed by atoms with Gasteiger partial charge in [0.2, 0.25) is 0 Å². The summed E-state index contributed by atoms with van der Waals surface area (Å²) in [6, 6.07) is 16.0. The highest BCUT2D eigenvalue weighted by Crippen LogP contribution is 2.23. The van der Waals surface area contributed by atoms with Gasteiger partial charge in [-0.2, -0.15) is 0 Å². The largest absolute Gasteiger partial charge is 0.243 e. The highest BCUT2D eigenvalue weighted by Gasteiger charge is 2.03. The molecule has 2 aromatic carbocycles. The van der Waals surface area contributed by atoms with Crippen molar-refractivity contribution in [3.8, 4) is 11.1 Å². The number of alkyl halides is 1. The second kappa shape index (κ2) is 5.63. The van der Waals surface area contributed by atoms with E-state index in [2.05, 4.69) is 30.8 Å². The smallest absolute Gasteiger partial charge is 0.122 e. The number of rotatable bonds is 4. The van der Waals surface area contributed by atoms with E-state index in [0.29, 0.717) is 0 Å². The van der Waals surface area contributed by atoms with E-state index in [9.17, 15) is 4.39 Å². The minimum Gasteiger partial charge on any atom is -0.243 e. The molecule has 0 N–H and O–H groups in total. The summed E-state index contributed by atoms with van der Waals surface area (Å²) in [4.78, 5) is 0. The Kier molecular flexibility index (Phi) is 3.93. The molecule has 92 valence electrons. The first-order valence-electron chi connectivity index (χ1n) is 6.15. The van der Waals surface area contributed by atoms with E-state index in [1.54, 1.807) is 6.92 Å². The molecule has 1 atom stereocenters. The molecule has 0 aromatic heterocycles. The Morgan fingerprint density at radius 2 is 1.50 bits per heavy atom. The number of hydrogen-bond acceptors (Lipinski definition) is 0. The van der Waals surface area contributed by atoms with E-state index in [4.69, 9.17) is 0 Å². The fourth-order valence-corrected chi connectivity index (χ4v) is 1.94. The lowest BCUT2D eigenvalue weighted by Gasteiger charge is -2.06. The third-order valence-corrected chi connectivity index (χ3v) is 3.04. The van der Waals surface area contributed by atoms with Gasteiger partial charge in [-0.15, -0.1) is 6.58 Å². The highest BCUT2D eigenvalue weighted by atomic mass is 19.1. The van der Waals surface area contributed by atoms with Crippen LogP contribution in [0.1, 0.15) is 24.2 Å². The number of hydrogen-bond donors (Lipinski definition) is 0. The zero-order chi connectivity index (χ0) is 13.0. The van der Waals surface area contributed by atoms with E-state index < -0.39 is 6.17 Å². The topological polar surface area (TPSA) is 0 Å². The van der Waals surface area contributed by atoms with Gasteiger partial charge in [-0.3, -0.25) is 0 Å². The zero-order valence-electron chi connectivity index (χ0n) is 10.6. The van der Waals surface area contributed by atoms with Crippen LogP contribution in [0, 0.1) is 0 Å². The van der Waals surface area contributed by atoms with Crippen LogP contribution >= 0.6 is 0 Å². The Hall–Kier alpha value is -1.89. The van der Waals surface area contributed by atoms with Crippen LogP contribution in [0.15, 0.2) is 61.2 Å². The van der Waals surface area contributed by atoms with Gasteiger partial charge in [0.1, 0.15) is 6.17 Å². The molecule has 0 unspecified atom stereocenters. The quantitative estimate of drug-likeness (QED) is 0.651. The molecule has 0 saturated heterocycles. The molecule has 2 rings (SSSR count).